The molecule has 0 heterocycles. The normalized spacial score (nSPS) is 10.3. The molecular formula is C13H9N2O4S2-. The average Bonchev–Trinajstić information content (AvgIpc) is 2.47. The van der Waals surface area contributed by atoms with E-state index in [4.69, 9.17) is 0 Å². The van der Waals surface area contributed by atoms with Gasteiger partial charge in [0, 0.05) is 23.4 Å². The van der Waals surface area contributed by atoms with Crippen molar-refractivity contribution in [1.29, 1.82) is 0 Å². The van der Waals surface area contributed by atoms with E-state index in [-0.39, 0.29) is 11.3 Å². The van der Waals surface area contributed by atoms with Crippen molar-refractivity contribution in [1.82, 2.24) is 0 Å². The smallest absolute Gasteiger partial charge is 0.271 e. The highest BCUT2D eigenvalue weighted by atomic mass is 32.8. The van der Waals surface area contributed by atoms with Gasteiger partial charge < -0.3 is 9.53 Å². The van der Waals surface area contributed by atoms with Crippen LogP contribution in [-0.4, -0.2) is 10.8 Å². The van der Waals surface area contributed by atoms with Crippen LogP contribution in [0, 0.1) is 10.1 Å². The topological polar surface area (TPSA) is 89.3 Å². The van der Waals surface area contributed by atoms with E-state index >= 15 is 0 Å². The lowest BCUT2D eigenvalue weighted by atomic mass is 10.2. The van der Waals surface area contributed by atoms with Gasteiger partial charge in [-0.3, -0.25) is 14.9 Å². The first-order chi connectivity index (χ1) is 9.97. The van der Waals surface area contributed by atoms with Gasteiger partial charge in [-0.05, 0) is 12.1 Å². The Bertz CT molecular complexity index is 779. The summed E-state index contributed by atoms with van der Waals surface area (Å²) in [6.07, 6.45) is 0. The standard InChI is InChI=1S/C13H9N2O4S2/c16-13(9-3-1-6-12(7-9)21(19)20)14-10-4-2-5-11(8-10)15(17)18/h1-8H,(H,14,16)/q-1. The van der Waals surface area contributed by atoms with Crippen LogP contribution in [0.1, 0.15) is 10.4 Å². The first-order valence-electron chi connectivity index (χ1n) is 5.72. The first-order valence-corrected chi connectivity index (χ1v) is 7.80. The third kappa shape index (κ3) is 3.83. The molecule has 0 bridgehead atoms. The van der Waals surface area contributed by atoms with Crippen molar-refractivity contribution >= 4 is 37.8 Å². The number of nitrogens with one attached hydrogen (secondary N) is 1. The number of rotatable bonds is 4. The number of nitrogens with zero attached hydrogens (tertiary/aromatic N) is 1. The SMILES string of the molecule is O=C(Nc1cccc([N+](=O)[O-])c1)c1cccc([S-](=O)=S)c1. The van der Waals surface area contributed by atoms with Gasteiger partial charge in [-0.25, -0.2) is 11.2 Å². The van der Waals surface area contributed by atoms with Crippen LogP contribution >= 0.6 is 0 Å². The van der Waals surface area contributed by atoms with E-state index < -0.39 is 20.2 Å². The number of benzene rings is 2. The molecule has 0 atom stereocenters. The number of amides is 1. The molecule has 2 aromatic carbocycles. The molecule has 21 heavy (non-hydrogen) atoms. The molecule has 0 saturated carbocycles. The fourth-order valence-electron chi connectivity index (χ4n) is 1.64. The van der Waals surface area contributed by atoms with Crippen molar-refractivity contribution in [2.75, 3.05) is 5.32 Å². The molecule has 0 aliphatic heterocycles. The van der Waals surface area contributed by atoms with Crippen molar-refractivity contribution < 1.29 is 13.9 Å². The molecule has 0 aliphatic rings. The summed E-state index contributed by atoms with van der Waals surface area (Å²) in [6.45, 7) is 0. The number of non-ortho nitro benzene ring substituents is 1. The molecule has 0 radical (unpaired) electrons. The quantitative estimate of drug-likeness (QED) is 0.531. The van der Waals surface area contributed by atoms with Crippen LogP contribution in [-0.2, 0) is 24.8 Å². The van der Waals surface area contributed by atoms with E-state index in [1.807, 2.05) is 0 Å². The number of anilines is 1. The molecule has 0 saturated heterocycles. The number of hydrogen-bond donors (Lipinski definition) is 1. The number of nitro benzene ring substituents is 1. The minimum atomic E-state index is -1.60. The number of nitro groups is 1. The van der Waals surface area contributed by atoms with Crippen LogP contribution in [0.2, 0.25) is 0 Å². The maximum absolute atomic E-state index is 12.1. The van der Waals surface area contributed by atoms with Crippen molar-refractivity contribution in [2.45, 2.75) is 4.90 Å². The summed E-state index contributed by atoms with van der Waals surface area (Å²) in [4.78, 5) is 22.5. The van der Waals surface area contributed by atoms with Crippen LogP contribution < -0.4 is 5.32 Å². The number of carbonyl (C=O) groups is 1. The predicted octanol–water partition coefficient (Wildman–Crippen LogP) is 2.63. The van der Waals surface area contributed by atoms with Gasteiger partial charge in [-0.1, -0.05) is 24.3 Å². The van der Waals surface area contributed by atoms with Crippen molar-refractivity contribution in [3.05, 3.63) is 64.2 Å². The highest BCUT2D eigenvalue weighted by molar-refractivity contribution is 8.21. The van der Waals surface area contributed by atoms with Gasteiger partial charge in [0.25, 0.3) is 11.6 Å². The fraction of sp³-hybridized carbons (Fsp3) is 0. The molecule has 1 amide bonds. The molecular weight excluding hydrogens is 312 g/mol. The van der Waals surface area contributed by atoms with Crippen molar-refractivity contribution in [3.8, 4) is 0 Å². The highest BCUT2D eigenvalue weighted by Crippen LogP contribution is 2.18. The molecule has 0 aromatic heterocycles. The molecule has 0 aliphatic carbocycles. The summed E-state index contributed by atoms with van der Waals surface area (Å²) in [5, 5.41) is 13.2. The molecule has 0 spiro atoms. The Morgan fingerprint density at radius 2 is 1.90 bits per heavy atom. The monoisotopic (exact) mass is 321 g/mol. The number of carbonyl (C=O) groups excluding carboxylic acids is 1. The lowest BCUT2D eigenvalue weighted by Crippen LogP contribution is -2.12. The molecule has 1 N–H and O–H groups in total. The fourth-order valence-corrected chi connectivity index (χ4v) is 2.37. The van der Waals surface area contributed by atoms with Crippen LogP contribution in [0.25, 0.3) is 0 Å². The predicted molar refractivity (Wildman–Crippen MR) is 81.2 cm³/mol. The van der Waals surface area contributed by atoms with E-state index in [9.17, 15) is 19.1 Å². The Balaban J connectivity index is 2.24. The van der Waals surface area contributed by atoms with E-state index in [0.29, 0.717) is 10.6 Å². The molecule has 0 fully saturated rings. The highest BCUT2D eigenvalue weighted by Gasteiger charge is 2.09. The first kappa shape index (κ1) is 15.1. The van der Waals surface area contributed by atoms with Crippen molar-refractivity contribution in [2.24, 2.45) is 0 Å². The largest absolute Gasteiger partial charge is 0.447 e. The summed E-state index contributed by atoms with van der Waals surface area (Å²) in [5.74, 6) is -0.460. The Labute approximate surface area is 126 Å². The van der Waals surface area contributed by atoms with Gasteiger partial charge in [0.1, 0.15) is 0 Å². The second kappa shape index (κ2) is 6.42. The minimum absolute atomic E-state index is 0.117. The van der Waals surface area contributed by atoms with Crippen LogP contribution in [0.15, 0.2) is 53.4 Å². The van der Waals surface area contributed by atoms with E-state index in [0.717, 1.165) is 0 Å². The van der Waals surface area contributed by atoms with Gasteiger partial charge in [0.15, 0.2) is 0 Å². The third-order valence-electron chi connectivity index (χ3n) is 2.60. The lowest BCUT2D eigenvalue weighted by molar-refractivity contribution is -0.384. The second-order valence-corrected chi connectivity index (χ2v) is 5.87. The minimum Gasteiger partial charge on any atom is -0.447 e. The van der Waals surface area contributed by atoms with Gasteiger partial charge in [-0.2, -0.15) is 9.36 Å². The molecule has 2 aromatic rings. The van der Waals surface area contributed by atoms with E-state index in [1.54, 1.807) is 24.3 Å². The lowest BCUT2D eigenvalue weighted by Gasteiger charge is -2.07. The molecule has 6 nitrogen and oxygen atoms in total. The van der Waals surface area contributed by atoms with Crippen molar-refractivity contribution in [3.63, 3.8) is 0 Å². The van der Waals surface area contributed by atoms with Crippen LogP contribution in [0.3, 0.4) is 0 Å². The van der Waals surface area contributed by atoms with E-state index in [1.165, 1.54) is 24.3 Å². The van der Waals surface area contributed by atoms with Crippen LogP contribution in [0.4, 0.5) is 11.4 Å². The molecule has 8 heteroatoms. The third-order valence-corrected chi connectivity index (χ3v) is 3.82. The Morgan fingerprint density at radius 3 is 2.57 bits per heavy atom. The van der Waals surface area contributed by atoms with Gasteiger partial charge >= 0.3 is 0 Å². The Morgan fingerprint density at radius 1 is 1.19 bits per heavy atom. The summed E-state index contributed by atoms with van der Waals surface area (Å²) in [7, 11) is -1.60. The zero-order chi connectivity index (χ0) is 15.4. The maximum Gasteiger partial charge on any atom is 0.271 e. The summed E-state index contributed by atoms with van der Waals surface area (Å²) in [5.41, 5.74) is 0.463. The van der Waals surface area contributed by atoms with Gasteiger partial charge in [-0.15, -0.1) is 4.90 Å². The maximum atomic E-state index is 12.1. The zero-order valence-electron chi connectivity index (χ0n) is 10.5. The summed E-state index contributed by atoms with van der Waals surface area (Å²) < 4.78 is 11.2. The molecule has 2 rings (SSSR count). The molecule has 0 unspecified atom stereocenters. The summed E-state index contributed by atoms with van der Waals surface area (Å²) >= 11 is 4.63. The van der Waals surface area contributed by atoms with Gasteiger partial charge in [0.2, 0.25) is 0 Å². The van der Waals surface area contributed by atoms with Crippen LogP contribution in [0.5, 0.6) is 0 Å². The zero-order valence-corrected chi connectivity index (χ0v) is 12.1. The average molecular weight is 321 g/mol. The Hall–Kier alpha value is -2.32. The number of hydrogen-bond acceptors (Lipinski definition) is 6. The van der Waals surface area contributed by atoms with Gasteiger partial charge in [0.05, 0.1) is 4.92 Å². The van der Waals surface area contributed by atoms with E-state index in [2.05, 4.69) is 16.5 Å². The summed E-state index contributed by atoms with van der Waals surface area (Å²) in [6, 6.07) is 11.7. The second-order valence-electron chi connectivity index (χ2n) is 4.02. The molecule has 108 valence electrons. The Kier molecular flexibility index (Phi) is 4.61.